The molecule has 2 nitrogen and oxygen atoms in total. The molecule has 0 radical (unpaired) electrons. The van der Waals surface area contributed by atoms with Gasteiger partial charge in [0.1, 0.15) is 6.10 Å². The highest BCUT2D eigenvalue weighted by atomic mass is 16.5. The largest absolute Gasteiger partial charge is 0.366 e. The third-order valence-corrected chi connectivity index (χ3v) is 2.40. The number of rotatable bonds is 1. The summed E-state index contributed by atoms with van der Waals surface area (Å²) >= 11 is 0. The monoisotopic (exact) mass is 191 g/mol. The molecule has 0 bridgehead atoms. The normalized spacial score (nSPS) is 20.9. The Hall–Kier alpha value is -0.890. The fourth-order valence-electron chi connectivity index (χ4n) is 1.92. The van der Waals surface area contributed by atoms with Gasteiger partial charge in [-0.3, -0.25) is 4.98 Å². The molecule has 1 heterocycles. The number of ether oxygens (including phenoxy) is 1. The van der Waals surface area contributed by atoms with Crippen LogP contribution in [0.2, 0.25) is 0 Å². The Labute approximate surface area is 85.3 Å². The van der Waals surface area contributed by atoms with Crippen molar-refractivity contribution in [3.8, 4) is 0 Å². The Kier molecular flexibility index (Phi) is 2.31. The van der Waals surface area contributed by atoms with Crippen molar-refractivity contribution in [3.63, 3.8) is 0 Å². The minimum Gasteiger partial charge on any atom is -0.366 e. The lowest BCUT2D eigenvalue weighted by atomic mass is 10.1. The minimum absolute atomic E-state index is 0.0796. The Morgan fingerprint density at radius 3 is 2.93 bits per heavy atom. The maximum atomic E-state index is 5.96. The third kappa shape index (κ3) is 1.95. The molecule has 0 saturated heterocycles. The number of hydrogen-bond donors (Lipinski definition) is 0. The highest BCUT2D eigenvalue weighted by molar-refractivity contribution is 5.26. The van der Waals surface area contributed by atoms with Crippen LogP contribution in [-0.2, 0) is 11.2 Å². The predicted molar refractivity (Wildman–Crippen MR) is 56.1 cm³/mol. The van der Waals surface area contributed by atoms with Crippen LogP contribution >= 0.6 is 0 Å². The number of nitrogens with zero attached hydrogens (tertiary/aromatic N) is 1. The van der Waals surface area contributed by atoms with Crippen molar-refractivity contribution < 1.29 is 4.74 Å². The molecule has 1 atom stereocenters. The van der Waals surface area contributed by atoms with Crippen LogP contribution in [0.1, 0.15) is 44.6 Å². The van der Waals surface area contributed by atoms with Crippen LogP contribution in [0.5, 0.6) is 0 Å². The molecule has 0 aromatic carbocycles. The van der Waals surface area contributed by atoms with Crippen molar-refractivity contribution in [1.29, 1.82) is 0 Å². The summed E-state index contributed by atoms with van der Waals surface area (Å²) in [6.45, 7) is 6.27. The molecular weight excluding hydrogens is 174 g/mol. The second-order valence-electron chi connectivity index (χ2n) is 4.81. The third-order valence-electron chi connectivity index (χ3n) is 2.40. The molecule has 0 aliphatic heterocycles. The van der Waals surface area contributed by atoms with E-state index in [2.05, 4.69) is 31.8 Å². The molecule has 0 amide bonds. The molecule has 1 aromatic heterocycles. The number of pyridine rings is 1. The standard InChI is InChI=1S/C12H17NO/c1-12(2,3)14-10-7-6-9-5-4-8-13-11(9)10/h4-5,8,10H,6-7H2,1-3H3/t10-/m0/s1. The molecule has 1 aliphatic rings. The maximum Gasteiger partial charge on any atom is 0.101 e. The van der Waals surface area contributed by atoms with Crippen LogP contribution in [-0.4, -0.2) is 10.6 Å². The predicted octanol–water partition coefficient (Wildman–Crippen LogP) is 2.88. The quantitative estimate of drug-likeness (QED) is 0.681. The first-order valence-electron chi connectivity index (χ1n) is 5.18. The van der Waals surface area contributed by atoms with E-state index in [0.717, 1.165) is 18.5 Å². The molecule has 1 aromatic rings. The van der Waals surface area contributed by atoms with Gasteiger partial charge >= 0.3 is 0 Å². The summed E-state index contributed by atoms with van der Waals surface area (Å²) in [6, 6.07) is 4.15. The second kappa shape index (κ2) is 3.35. The van der Waals surface area contributed by atoms with Gasteiger partial charge in [0.25, 0.3) is 0 Å². The average molecular weight is 191 g/mol. The van der Waals surface area contributed by atoms with Gasteiger partial charge in [0.15, 0.2) is 0 Å². The molecule has 0 saturated carbocycles. The number of aromatic nitrogens is 1. The zero-order chi connectivity index (χ0) is 10.2. The lowest BCUT2D eigenvalue weighted by Crippen LogP contribution is -2.21. The summed E-state index contributed by atoms with van der Waals surface area (Å²) in [5.41, 5.74) is 2.41. The Balaban J connectivity index is 2.18. The van der Waals surface area contributed by atoms with Gasteiger partial charge in [-0.15, -0.1) is 0 Å². The van der Waals surface area contributed by atoms with Crippen LogP contribution in [0, 0.1) is 0 Å². The van der Waals surface area contributed by atoms with Crippen LogP contribution < -0.4 is 0 Å². The Morgan fingerprint density at radius 1 is 1.43 bits per heavy atom. The molecular formula is C12H17NO. The van der Waals surface area contributed by atoms with Crippen LogP contribution in [0.3, 0.4) is 0 Å². The average Bonchev–Trinajstić information content (AvgIpc) is 2.47. The second-order valence-corrected chi connectivity index (χ2v) is 4.81. The Morgan fingerprint density at radius 2 is 2.21 bits per heavy atom. The van der Waals surface area contributed by atoms with Crippen molar-refractivity contribution in [1.82, 2.24) is 4.98 Å². The smallest absolute Gasteiger partial charge is 0.101 e. The maximum absolute atomic E-state index is 5.96. The van der Waals surface area contributed by atoms with E-state index in [1.54, 1.807) is 0 Å². The molecule has 76 valence electrons. The van der Waals surface area contributed by atoms with Crippen molar-refractivity contribution in [2.75, 3.05) is 0 Å². The molecule has 0 unspecified atom stereocenters. The summed E-state index contributed by atoms with van der Waals surface area (Å²) in [6.07, 6.45) is 4.22. The van der Waals surface area contributed by atoms with E-state index in [1.165, 1.54) is 5.56 Å². The van der Waals surface area contributed by atoms with E-state index in [0.29, 0.717) is 0 Å². The summed E-state index contributed by atoms with van der Waals surface area (Å²) in [4.78, 5) is 4.40. The lowest BCUT2D eigenvalue weighted by Gasteiger charge is -2.24. The first-order chi connectivity index (χ1) is 6.56. The Bertz CT molecular complexity index is 327. The van der Waals surface area contributed by atoms with E-state index in [9.17, 15) is 0 Å². The van der Waals surface area contributed by atoms with Gasteiger partial charge in [0.2, 0.25) is 0 Å². The summed E-state index contributed by atoms with van der Waals surface area (Å²) < 4.78 is 5.96. The van der Waals surface area contributed by atoms with Gasteiger partial charge in [0.05, 0.1) is 11.3 Å². The van der Waals surface area contributed by atoms with Crippen molar-refractivity contribution in [2.24, 2.45) is 0 Å². The van der Waals surface area contributed by atoms with Crippen molar-refractivity contribution in [2.45, 2.75) is 45.3 Å². The molecule has 0 spiro atoms. The minimum atomic E-state index is -0.0796. The molecule has 1 aliphatic carbocycles. The first-order valence-corrected chi connectivity index (χ1v) is 5.18. The molecule has 0 fully saturated rings. The van der Waals surface area contributed by atoms with Crippen molar-refractivity contribution >= 4 is 0 Å². The van der Waals surface area contributed by atoms with Gasteiger partial charge in [-0.05, 0) is 45.2 Å². The van der Waals surface area contributed by atoms with Gasteiger partial charge < -0.3 is 4.74 Å². The summed E-state index contributed by atoms with van der Waals surface area (Å²) in [7, 11) is 0. The van der Waals surface area contributed by atoms with Gasteiger partial charge in [-0.2, -0.15) is 0 Å². The molecule has 0 N–H and O–H groups in total. The summed E-state index contributed by atoms with van der Waals surface area (Å²) in [5.74, 6) is 0. The van der Waals surface area contributed by atoms with Gasteiger partial charge in [0, 0.05) is 6.20 Å². The molecule has 2 heteroatoms. The SMILES string of the molecule is CC(C)(C)O[C@H]1CCc2cccnc21. The molecule has 2 rings (SSSR count). The number of hydrogen-bond acceptors (Lipinski definition) is 2. The van der Waals surface area contributed by atoms with Crippen LogP contribution in [0.15, 0.2) is 18.3 Å². The molecule has 14 heavy (non-hydrogen) atoms. The number of aryl methyl sites for hydroxylation is 1. The highest BCUT2D eigenvalue weighted by Gasteiger charge is 2.27. The summed E-state index contributed by atoms with van der Waals surface area (Å²) in [5, 5.41) is 0. The lowest BCUT2D eigenvalue weighted by molar-refractivity contribution is -0.0621. The van der Waals surface area contributed by atoms with Gasteiger partial charge in [-0.25, -0.2) is 0 Å². The van der Waals surface area contributed by atoms with Crippen LogP contribution in [0.25, 0.3) is 0 Å². The fraction of sp³-hybridized carbons (Fsp3) is 0.583. The number of fused-ring (bicyclic) bond motifs is 1. The highest BCUT2D eigenvalue weighted by Crippen LogP contribution is 2.34. The first kappa shape index (κ1) is 9.66. The zero-order valence-corrected chi connectivity index (χ0v) is 9.08. The van der Waals surface area contributed by atoms with E-state index in [-0.39, 0.29) is 11.7 Å². The van der Waals surface area contributed by atoms with Gasteiger partial charge in [-0.1, -0.05) is 6.07 Å². The fourth-order valence-corrected chi connectivity index (χ4v) is 1.92. The van der Waals surface area contributed by atoms with E-state index < -0.39 is 0 Å². The van der Waals surface area contributed by atoms with E-state index in [1.807, 2.05) is 12.3 Å². The van der Waals surface area contributed by atoms with E-state index >= 15 is 0 Å². The zero-order valence-electron chi connectivity index (χ0n) is 9.08. The van der Waals surface area contributed by atoms with Crippen molar-refractivity contribution in [3.05, 3.63) is 29.6 Å². The topological polar surface area (TPSA) is 22.1 Å². The van der Waals surface area contributed by atoms with Crippen LogP contribution in [0.4, 0.5) is 0 Å². The van der Waals surface area contributed by atoms with E-state index in [4.69, 9.17) is 4.74 Å².